The number of nitrogens with zero attached hydrogens (tertiary/aromatic N) is 4. The van der Waals surface area contributed by atoms with Crippen molar-refractivity contribution in [1.82, 2.24) is 20.2 Å². The molecule has 1 aromatic carbocycles. The lowest BCUT2D eigenvalue weighted by Crippen LogP contribution is -2.72. The molecule has 37 heavy (non-hydrogen) atoms. The van der Waals surface area contributed by atoms with E-state index in [-0.39, 0.29) is 5.91 Å². The van der Waals surface area contributed by atoms with Crippen molar-refractivity contribution >= 4 is 45.4 Å². The van der Waals surface area contributed by atoms with Gasteiger partial charge in [-0.3, -0.25) is 10.1 Å². The van der Waals surface area contributed by atoms with Crippen LogP contribution in [0.25, 0.3) is 0 Å². The quantitative estimate of drug-likeness (QED) is 0.390. The Hall–Kier alpha value is -3.27. The van der Waals surface area contributed by atoms with Gasteiger partial charge in [-0.1, -0.05) is 17.4 Å². The molecule has 0 unspecified atom stereocenters. The molecule has 194 valence electrons. The largest absolute Gasteiger partial charge is 0.371 e. The van der Waals surface area contributed by atoms with Gasteiger partial charge in [-0.2, -0.15) is 4.98 Å². The number of amides is 1. The Kier molecular flexibility index (Phi) is 7.83. The molecule has 2 fully saturated rings. The van der Waals surface area contributed by atoms with E-state index in [4.69, 9.17) is 0 Å². The van der Waals surface area contributed by atoms with Crippen molar-refractivity contribution in [2.45, 2.75) is 25.7 Å². The Morgan fingerprint density at radius 2 is 1.86 bits per heavy atom. The monoisotopic (exact) mass is 518 g/mol. The van der Waals surface area contributed by atoms with E-state index in [0.717, 1.165) is 23.8 Å². The van der Waals surface area contributed by atoms with Crippen LogP contribution in [0.1, 0.15) is 36.0 Å². The van der Waals surface area contributed by atoms with Crippen molar-refractivity contribution in [1.29, 1.82) is 0 Å². The number of quaternary nitrogens is 1. The summed E-state index contributed by atoms with van der Waals surface area (Å²) in [5.41, 5.74) is 3.16. The second-order valence-corrected chi connectivity index (χ2v) is 11.1. The fourth-order valence-corrected chi connectivity index (χ4v) is 5.88. The molecule has 2 aliphatic heterocycles. The summed E-state index contributed by atoms with van der Waals surface area (Å²) in [6.07, 6.45) is 8.46. The second kappa shape index (κ2) is 11.4. The lowest BCUT2D eigenvalue weighted by atomic mass is 9.71. The molecule has 2 saturated heterocycles. The van der Waals surface area contributed by atoms with E-state index < -0.39 is 0 Å². The van der Waals surface area contributed by atoms with Crippen LogP contribution in [-0.4, -0.2) is 60.5 Å². The number of hydrogen-bond acceptors (Lipinski definition) is 7. The van der Waals surface area contributed by atoms with E-state index in [0.29, 0.717) is 29.3 Å². The molecule has 0 aliphatic carbocycles. The highest BCUT2D eigenvalue weighted by Gasteiger charge is 2.36. The standard InChI is InChI=1S/C28H35N7OS/c1-3-14-29-26(36)23-20-30-27(33-25(23)32-24-5-4-19-37-24)31-21-6-8-22(9-7-21)35-17-12-28(13-18-35)10-15-34(2)16-11-28/h3-9,19-20H,1,10-18H2,2H3,(H,29,36)(H2,30,31,32,33)/p+1. The zero-order valence-electron chi connectivity index (χ0n) is 21.4. The van der Waals surface area contributed by atoms with Crippen LogP contribution in [0.2, 0.25) is 0 Å². The highest BCUT2D eigenvalue weighted by molar-refractivity contribution is 7.13. The average Bonchev–Trinajstić information content (AvgIpc) is 3.43. The highest BCUT2D eigenvalue weighted by atomic mass is 32.1. The maximum absolute atomic E-state index is 12.6. The van der Waals surface area contributed by atoms with Crippen molar-refractivity contribution in [2.24, 2.45) is 5.41 Å². The first-order valence-electron chi connectivity index (χ1n) is 13.0. The minimum atomic E-state index is -0.220. The first-order valence-corrected chi connectivity index (χ1v) is 13.9. The third kappa shape index (κ3) is 6.18. The van der Waals surface area contributed by atoms with Crippen molar-refractivity contribution < 1.29 is 10.1 Å². The number of anilines is 3. The summed E-state index contributed by atoms with van der Waals surface area (Å²) in [6, 6.07) is 12.5. The first-order chi connectivity index (χ1) is 18.0. The molecule has 9 heteroatoms. The number of aromatic nitrogens is 2. The maximum Gasteiger partial charge on any atom is 0.261 e. The Balaban J connectivity index is 1.25. The van der Waals surface area contributed by atoms with E-state index in [9.17, 15) is 4.79 Å². The molecule has 1 spiro atoms. The Morgan fingerprint density at radius 1 is 1.14 bits per heavy atom. The van der Waals surface area contributed by atoms with Crippen LogP contribution in [0.15, 0.2) is 60.6 Å². The number of nitrogens with one attached hydrogen (secondary N) is 2. The molecule has 4 heterocycles. The van der Waals surface area contributed by atoms with Crippen LogP contribution < -0.4 is 20.9 Å². The fraction of sp³-hybridized carbons (Fsp3) is 0.393. The first kappa shape index (κ1) is 25.4. The summed E-state index contributed by atoms with van der Waals surface area (Å²) in [5, 5.41) is 11.1. The smallest absolute Gasteiger partial charge is 0.261 e. The molecule has 0 saturated carbocycles. The predicted octanol–water partition coefficient (Wildman–Crippen LogP) is 4.04. The molecule has 2 aliphatic rings. The van der Waals surface area contributed by atoms with Crippen LogP contribution >= 0.6 is 11.3 Å². The molecular weight excluding hydrogens is 482 g/mol. The van der Waals surface area contributed by atoms with Gasteiger partial charge in [0.2, 0.25) is 11.8 Å². The zero-order chi connectivity index (χ0) is 25.7. The van der Waals surface area contributed by atoms with E-state index in [1.807, 2.05) is 22.8 Å². The fourth-order valence-electron chi connectivity index (χ4n) is 5.23. The molecule has 0 bridgehead atoms. The van der Waals surface area contributed by atoms with Gasteiger partial charge in [-0.05, 0) is 86.9 Å². The average molecular weight is 519 g/mol. The third-order valence-electron chi connectivity index (χ3n) is 7.65. The van der Waals surface area contributed by atoms with Gasteiger partial charge in [-0.15, -0.1) is 6.58 Å². The lowest BCUT2D eigenvalue weighted by Gasteiger charge is -2.46. The molecule has 4 N–H and O–H groups in total. The summed E-state index contributed by atoms with van der Waals surface area (Å²) >= 11 is 1.60. The SMILES string of the molecule is C=CCNC(=O)c1cnc(Nc2ccc(N3CCC4(CCN(C)CC4)CC3)cc2)nc1[NH2+]c1cccs1. The molecule has 8 nitrogen and oxygen atoms in total. The Labute approximate surface area is 222 Å². The molecule has 2 aromatic heterocycles. The summed E-state index contributed by atoms with van der Waals surface area (Å²) < 4.78 is 0. The number of carbonyl (C=O) groups is 1. The minimum absolute atomic E-state index is 0.220. The van der Waals surface area contributed by atoms with E-state index >= 15 is 0 Å². The normalized spacial score (nSPS) is 17.5. The van der Waals surface area contributed by atoms with Crippen LogP contribution in [-0.2, 0) is 0 Å². The van der Waals surface area contributed by atoms with Gasteiger partial charge in [0.05, 0.1) is 6.20 Å². The van der Waals surface area contributed by atoms with Gasteiger partial charge in [-0.25, -0.2) is 4.98 Å². The summed E-state index contributed by atoms with van der Waals surface area (Å²) in [6.45, 7) is 8.76. The number of rotatable bonds is 8. The van der Waals surface area contributed by atoms with Crippen molar-refractivity contribution in [3.8, 4) is 0 Å². The second-order valence-electron chi connectivity index (χ2n) is 10.1. The van der Waals surface area contributed by atoms with Gasteiger partial charge in [0.15, 0.2) is 5.00 Å². The summed E-state index contributed by atoms with van der Waals surface area (Å²) in [4.78, 5) is 26.7. The van der Waals surface area contributed by atoms with Gasteiger partial charge < -0.3 is 20.4 Å². The third-order valence-corrected chi connectivity index (χ3v) is 8.47. The number of carbonyl (C=O) groups excluding carboxylic acids is 1. The Bertz CT molecular complexity index is 1190. The Morgan fingerprint density at radius 3 is 2.54 bits per heavy atom. The molecule has 3 aromatic rings. The number of likely N-dealkylation sites (tertiary alicyclic amines) is 1. The highest BCUT2D eigenvalue weighted by Crippen LogP contribution is 2.42. The molecular formula is C28H36N7OS+. The maximum atomic E-state index is 12.6. The van der Waals surface area contributed by atoms with Gasteiger partial charge in [0.25, 0.3) is 5.91 Å². The van der Waals surface area contributed by atoms with Gasteiger partial charge in [0.1, 0.15) is 5.56 Å². The van der Waals surface area contributed by atoms with E-state index in [1.165, 1.54) is 44.5 Å². The predicted molar refractivity (Wildman–Crippen MR) is 150 cm³/mol. The zero-order valence-corrected chi connectivity index (χ0v) is 22.3. The molecule has 1 amide bonds. The van der Waals surface area contributed by atoms with Gasteiger partial charge in [0, 0.05) is 37.1 Å². The molecule has 0 atom stereocenters. The molecule has 5 rings (SSSR count). The number of thiophene rings is 1. The van der Waals surface area contributed by atoms with Crippen LogP contribution in [0.5, 0.6) is 0 Å². The van der Waals surface area contributed by atoms with Crippen molar-refractivity contribution in [3.05, 3.63) is 66.2 Å². The summed E-state index contributed by atoms with van der Waals surface area (Å²) in [5.74, 6) is 0.814. The minimum Gasteiger partial charge on any atom is -0.371 e. The number of nitrogens with two attached hydrogens (primary N) is 1. The number of piperidine rings is 2. The topological polar surface area (TPSA) is 90.0 Å². The summed E-state index contributed by atoms with van der Waals surface area (Å²) in [7, 11) is 2.24. The van der Waals surface area contributed by atoms with Crippen molar-refractivity contribution in [2.75, 3.05) is 50.0 Å². The van der Waals surface area contributed by atoms with Crippen LogP contribution in [0.4, 0.5) is 28.1 Å². The molecule has 0 radical (unpaired) electrons. The number of benzene rings is 1. The number of hydrogen-bond donors (Lipinski definition) is 3. The van der Waals surface area contributed by atoms with Crippen molar-refractivity contribution in [3.63, 3.8) is 0 Å². The van der Waals surface area contributed by atoms with Crippen LogP contribution in [0, 0.1) is 5.41 Å². The van der Waals surface area contributed by atoms with E-state index in [1.54, 1.807) is 23.6 Å². The lowest BCUT2D eigenvalue weighted by molar-refractivity contribution is -0.478. The van der Waals surface area contributed by atoms with E-state index in [2.05, 4.69) is 68.3 Å². The van der Waals surface area contributed by atoms with Crippen LogP contribution in [0.3, 0.4) is 0 Å². The van der Waals surface area contributed by atoms with Gasteiger partial charge >= 0.3 is 0 Å².